The summed E-state index contributed by atoms with van der Waals surface area (Å²) >= 11 is 6.12. The van der Waals surface area contributed by atoms with Crippen LogP contribution in [0.1, 0.15) is 18.1 Å². The van der Waals surface area contributed by atoms with Crippen LogP contribution in [0.15, 0.2) is 48.5 Å². The van der Waals surface area contributed by atoms with Crippen molar-refractivity contribution in [3.05, 3.63) is 64.7 Å². The molecule has 0 radical (unpaired) electrons. The molecule has 0 aliphatic heterocycles. The maximum Gasteiger partial charge on any atom is 0.0455 e. The number of anilines is 1. The molecule has 0 bridgehead atoms. The van der Waals surface area contributed by atoms with Crippen LogP contribution in [0.4, 0.5) is 5.69 Å². The summed E-state index contributed by atoms with van der Waals surface area (Å²) in [5.41, 5.74) is 3.65. The fraction of sp³-hybridized carbons (Fsp3) is 0.200. The van der Waals surface area contributed by atoms with E-state index >= 15 is 0 Å². The van der Waals surface area contributed by atoms with Crippen LogP contribution < -0.4 is 5.32 Å². The van der Waals surface area contributed by atoms with Crippen LogP contribution in [0.2, 0.25) is 5.02 Å². The van der Waals surface area contributed by atoms with E-state index in [0.717, 1.165) is 23.6 Å². The first-order valence-corrected chi connectivity index (χ1v) is 6.24. The lowest BCUT2D eigenvalue weighted by molar-refractivity contribution is 1.09. The topological polar surface area (TPSA) is 12.0 Å². The van der Waals surface area contributed by atoms with Crippen molar-refractivity contribution in [2.45, 2.75) is 19.9 Å². The van der Waals surface area contributed by atoms with E-state index in [1.807, 2.05) is 30.3 Å². The molecule has 1 nitrogen and oxygen atoms in total. The fourth-order valence-corrected chi connectivity index (χ4v) is 2.04. The van der Waals surface area contributed by atoms with Crippen LogP contribution in [-0.2, 0) is 13.0 Å². The molecule has 0 unspecified atom stereocenters. The highest BCUT2D eigenvalue weighted by atomic mass is 35.5. The van der Waals surface area contributed by atoms with Gasteiger partial charge in [0.25, 0.3) is 0 Å². The molecule has 0 amide bonds. The zero-order valence-electron chi connectivity index (χ0n) is 9.91. The van der Waals surface area contributed by atoms with Crippen LogP contribution in [0.5, 0.6) is 0 Å². The number of aryl methyl sites for hydroxylation is 1. The fourth-order valence-electron chi connectivity index (χ4n) is 1.83. The maximum absolute atomic E-state index is 6.12. The van der Waals surface area contributed by atoms with Crippen molar-refractivity contribution in [1.82, 2.24) is 0 Å². The molecule has 88 valence electrons. The Balaban J connectivity index is 2.10. The van der Waals surface area contributed by atoms with Crippen LogP contribution in [0, 0.1) is 0 Å². The molecular formula is C15H16ClN. The monoisotopic (exact) mass is 245 g/mol. The predicted octanol–water partition coefficient (Wildman–Crippen LogP) is 4.51. The van der Waals surface area contributed by atoms with Crippen LogP contribution in [0.3, 0.4) is 0 Å². The van der Waals surface area contributed by atoms with Crippen LogP contribution in [0.25, 0.3) is 0 Å². The third-order valence-corrected chi connectivity index (χ3v) is 3.19. The van der Waals surface area contributed by atoms with Gasteiger partial charge in [0.15, 0.2) is 0 Å². The number of hydrogen-bond acceptors (Lipinski definition) is 1. The molecule has 17 heavy (non-hydrogen) atoms. The minimum absolute atomic E-state index is 0.761. The molecule has 2 heteroatoms. The summed E-state index contributed by atoms with van der Waals surface area (Å²) in [6.45, 7) is 2.92. The highest BCUT2D eigenvalue weighted by Crippen LogP contribution is 2.19. The van der Waals surface area contributed by atoms with E-state index in [1.54, 1.807) is 0 Å². The highest BCUT2D eigenvalue weighted by molar-refractivity contribution is 6.31. The average Bonchev–Trinajstić information content (AvgIpc) is 2.38. The molecule has 2 aromatic carbocycles. The summed E-state index contributed by atoms with van der Waals surface area (Å²) in [4.78, 5) is 0. The Kier molecular flexibility index (Phi) is 4.05. The highest BCUT2D eigenvalue weighted by Gasteiger charge is 2.01. The van der Waals surface area contributed by atoms with Gasteiger partial charge in [-0.1, -0.05) is 54.9 Å². The first-order valence-electron chi connectivity index (χ1n) is 5.86. The van der Waals surface area contributed by atoms with Gasteiger partial charge < -0.3 is 5.32 Å². The second-order valence-electron chi connectivity index (χ2n) is 3.96. The zero-order chi connectivity index (χ0) is 12.1. The van der Waals surface area contributed by atoms with Gasteiger partial charge in [-0.2, -0.15) is 0 Å². The number of nitrogens with one attached hydrogen (secondary N) is 1. The number of halogens is 1. The van der Waals surface area contributed by atoms with E-state index in [0.29, 0.717) is 0 Å². The summed E-state index contributed by atoms with van der Waals surface area (Å²) in [6.07, 6.45) is 1.03. The van der Waals surface area contributed by atoms with Gasteiger partial charge >= 0.3 is 0 Å². The Morgan fingerprint density at radius 2 is 1.59 bits per heavy atom. The Morgan fingerprint density at radius 3 is 2.29 bits per heavy atom. The molecule has 2 aromatic rings. The predicted molar refractivity (Wildman–Crippen MR) is 74.6 cm³/mol. The average molecular weight is 246 g/mol. The maximum atomic E-state index is 6.12. The summed E-state index contributed by atoms with van der Waals surface area (Å²) in [7, 11) is 0. The van der Waals surface area contributed by atoms with Crippen molar-refractivity contribution in [3.63, 3.8) is 0 Å². The van der Waals surface area contributed by atoms with Gasteiger partial charge in [-0.25, -0.2) is 0 Å². The van der Waals surface area contributed by atoms with Crippen molar-refractivity contribution in [1.29, 1.82) is 0 Å². The van der Waals surface area contributed by atoms with Crippen LogP contribution >= 0.6 is 11.6 Å². The largest absolute Gasteiger partial charge is 0.381 e. The van der Waals surface area contributed by atoms with E-state index in [-0.39, 0.29) is 0 Å². The molecule has 0 saturated carbocycles. The molecule has 1 N–H and O–H groups in total. The van der Waals surface area contributed by atoms with Crippen molar-refractivity contribution >= 4 is 17.3 Å². The molecule has 0 aliphatic rings. The third-order valence-electron chi connectivity index (χ3n) is 2.83. The van der Waals surface area contributed by atoms with Crippen LogP contribution in [-0.4, -0.2) is 0 Å². The second-order valence-corrected chi connectivity index (χ2v) is 4.36. The third kappa shape index (κ3) is 3.01. The van der Waals surface area contributed by atoms with Crippen molar-refractivity contribution in [3.8, 4) is 0 Å². The van der Waals surface area contributed by atoms with Gasteiger partial charge in [0.05, 0.1) is 0 Å². The Hall–Kier alpha value is -1.47. The Morgan fingerprint density at radius 1 is 0.941 bits per heavy atom. The van der Waals surface area contributed by atoms with Gasteiger partial charge in [-0.15, -0.1) is 0 Å². The zero-order valence-corrected chi connectivity index (χ0v) is 10.7. The SMILES string of the molecule is CCc1ccccc1NCc1ccccc1Cl. The summed E-state index contributed by atoms with van der Waals surface area (Å²) < 4.78 is 0. The lowest BCUT2D eigenvalue weighted by atomic mass is 10.1. The number of rotatable bonds is 4. The van der Waals surface area contributed by atoms with Crippen molar-refractivity contribution in [2.24, 2.45) is 0 Å². The molecule has 0 aliphatic carbocycles. The first kappa shape index (κ1) is 12.0. The minimum Gasteiger partial charge on any atom is -0.381 e. The van der Waals surface area contributed by atoms with Gasteiger partial charge in [0.2, 0.25) is 0 Å². The number of benzene rings is 2. The van der Waals surface area contributed by atoms with Gasteiger partial charge in [-0.3, -0.25) is 0 Å². The lowest BCUT2D eigenvalue weighted by Crippen LogP contribution is -2.02. The minimum atomic E-state index is 0.761. The molecule has 0 fully saturated rings. The smallest absolute Gasteiger partial charge is 0.0455 e. The molecular weight excluding hydrogens is 230 g/mol. The molecule has 2 rings (SSSR count). The van der Waals surface area contributed by atoms with Gasteiger partial charge in [0.1, 0.15) is 0 Å². The number of para-hydroxylation sites is 1. The summed E-state index contributed by atoms with van der Waals surface area (Å²) in [5, 5.41) is 4.25. The number of hydrogen-bond donors (Lipinski definition) is 1. The lowest BCUT2D eigenvalue weighted by Gasteiger charge is -2.11. The second kappa shape index (κ2) is 5.74. The standard InChI is InChI=1S/C15H16ClN/c1-2-12-7-4-6-10-15(12)17-11-13-8-3-5-9-14(13)16/h3-10,17H,2,11H2,1H3. The molecule has 0 saturated heterocycles. The van der Waals surface area contributed by atoms with Crippen molar-refractivity contribution < 1.29 is 0 Å². The van der Waals surface area contributed by atoms with E-state index in [1.165, 1.54) is 11.3 Å². The van der Waals surface area contributed by atoms with Gasteiger partial charge in [-0.05, 0) is 29.7 Å². The molecule has 0 heterocycles. The molecule has 0 aromatic heterocycles. The molecule has 0 atom stereocenters. The molecule has 0 spiro atoms. The van der Waals surface area contributed by atoms with Gasteiger partial charge in [0, 0.05) is 17.3 Å². The summed E-state index contributed by atoms with van der Waals surface area (Å²) in [6, 6.07) is 16.3. The van der Waals surface area contributed by atoms with Crippen molar-refractivity contribution in [2.75, 3.05) is 5.32 Å². The van der Waals surface area contributed by atoms with E-state index in [2.05, 4.69) is 30.4 Å². The quantitative estimate of drug-likeness (QED) is 0.836. The normalized spacial score (nSPS) is 10.2. The Bertz CT molecular complexity index is 494. The van der Waals surface area contributed by atoms with E-state index in [9.17, 15) is 0 Å². The van der Waals surface area contributed by atoms with E-state index < -0.39 is 0 Å². The Labute approximate surface area is 107 Å². The van der Waals surface area contributed by atoms with E-state index in [4.69, 9.17) is 11.6 Å². The summed E-state index contributed by atoms with van der Waals surface area (Å²) in [5.74, 6) is 0. The first-order chi connectivity index (χ1) is 8.31.